The van der Waals surface area contributed by atoms with Gasteiger partial charge in [0.25, 0.3) is 0 Å². The Bertz CT molecular complexity index is 707. The Morgan fingerprint density at radius 2 is 1.79 bits per heavy atom. The second-order valence-corrected chi connectivity index (χ2v) is 4.82. The standard InChI is InChI=1S/C19H18O5/c1-22-12-13-23-19(21)16-8-5-9-17(14-16)24-18(20)11-10-15-6-3-2-4-7-15/h2-11,14H,12-13H2,1H3/b11-10+. The minimum absolute atomic E-state index is 0.166. The van der Waals surface area contributed by atoms with Gasteiger partial charge in [0.05, 0.1) is 12.2 Å². The van der Waals surface area contributed by atoms with Gasteiger partial charge in [0.1, 0.15) is 12.4 Å². The lowest BCUT2D eigenvalue weighted by Gasteiger charge is -2.06. The van der Waals surface area contributed by atoms with Crippen LogP contribution in [0.2, 0.25) is 0 Å². The average Bonchev–Trinajstić information content (AvgIpc) is 2.61. The van der Waals surface area contributed by atoms with Crippen LogP contribution in [0.3, 0.4) is 0 Å². The monoisotopic (exact) mass is 326 g/mol. The number of hydrogen-bond acceptors (Lipinski definition) is 5. The van der Waals surface area contributed by atoms with Gasteiger partial charge in [-0.25, -0.2) is 9.59 Å². The van der Waals surface area contributed by atoms with Crippen LogP contribution in [-0.2, 0) is 14.3 Å². The first-order valence-electron chi connectivity index (χ1n) is 7.40. The van der Waals surface area contributed by atoms with Gasteiger partial charge in [-0.1, -0.05) is 36.4 Å². The van der Waals surface area contributed by atoms with Crippen LogP contribution in [0.5, 0.6) is 5.75 Å². The molecular formula is C19H18O5. The summed E-state index contributed by atoms with van der Waals surface area (Å²) >= 11 is 0. The van der Waals surface area contributed by atoms with Crippen LogP contribution in [-0.4, -0.2) is 32.3 Å². The highest BCUT2D eigenvalue weighted by Crippen LogP contribution is 2.15. The highest BCUT2D eigenvalue weighted by molar-refractivity contribution is 5.91. The van der Waals surface area contributed by atoms with E-state index in [0.717, 1.165) is 5.56 Å². The van der Waals surface area contributed by atoms with E-state index in [9.17, 15) is 9.59 Å². The Morgan fingerprint density at radius 3 is 2.54 bits per heavy atom. The number of ether oxygens (including phenoxy) is 3. The molecule has 0 fully saturated rings. The Morgan fingerprint density at radius 1 is 1.00 bits per heavy atom. The van der Waals surface area contributed by atoms with Crippen LogP contribution >= 0.6 is 0 Å². The molecule has 0 atom stereocenters. The minimum Gasteiger partial charge on any atom is -0.460 e. The third-order valence-electron chi connectivity index (χ3n) is 3.02. The quantitative estimate of drug-likeness (QED) is 0.339. The van der Waals surface area contributed by atoms with Crippen molar-refractivity contribution in [1.82, 2.24) is 0 Å². The molecule has 0 saturated heterocycles. The predicted molar refractivity (Wildman–Crippen MR) is 89.7 cm³/mol. The zero-order valence-electron chi connectivity index (χ0n) is 13.3. The topological polar surface area (TPSA) is 61.8 Å². The highest BCUT2D eigenvalue weighted by Gasteiger charge is 2.09. The molecule has 24 heavy (non-hydrogen) atoms. The van der Waals surface area contributed by atoms with Crippen LogP contribution in [0.1, 0.15) is 15.9 Å². The van der Waals surface area contributed by atoms with E-state index in [1.54, 1.807) is 24.3 Å². The summed E-state index contributed by atoms with van der Waals surface area (Å²) in [5, 5.41) is 0. The molecule has 0 saturated carbocycles. The first kappa shape index (κ1) is 17.4. The average molecular weight is 326 g/mol. The molecule has 0 unspecified atom stereocenters. The van der Waals surface area contributed by atoms with Crippen LogP contribution in [0, 0.1) is 0 Å². The van der Waals surface area contributed by atoms with Crippen LogP contribution in [0.15, 0.2) is 60.7 Å². The third kappa shape index (κ3) is 5.70. The van der Waals surface area contributed by atoms with Gasteiger partial charge in [-0.15, -0.1) is 0 Å². The van der Waals surface area contributed by atoms with Gasteiger partial charge in [0.2, 0.25) is 0 Å². The minimum atomic E-state index is -0.524. The molecule has 0 radical (unpaired) electrons. The van der Waals surface area contributed by atoms with E-state index in [1.807, 2.05) is 30.3 Å². The van der Waals surface area contributed by atoms with Crippen molar-refractivity contribution in [2.24, 2.45) is 0 Å². The molecule has 0 aliphatic rings. The summed E-state index contributed by atoms with van der Waals surface area (Å²) in [4.78, 5) is 23.7. The lowest BCUT2D eigenvalue weighted by atomic mass is 10.2. The summed E-state index contributed by atoms with van der Waals surface area (Å²) in [6, 6.07) is 15.7. The van der Waals surface area contributed by atoms with Crippen molar-refractivity contribution >= 4 is 18.0 Å². The number of carbonyl (C=O) groups excluding carboxylic acids is 2. The number of benzene rings is 2. The Hall–Kier alpha value is -2.92. The lowest BCUT2D eigenvalue weighted by molar-refractivity contribution is -0.128. The molecule has 2 rings (SSSR count). The SMILES string of the molecule is COCCOC(=O)c1cccc(OC(=O)/C=C/c2ccccc2)c1. The predicted octanol–water partition coefficient (Wildman–Crippen LogP) is 3.11. The van der Waals surface area contributed by atoms with Gasteiger partial charge in [-0.05, 0) is 29.8 Å². The fraction of sp³-hybridized carbons (Fsp3) is 0.158. The van der Waals surface area contributed by atoms with Gasteiger partial charge in [0, 0.05) is 13.2 Å². The van der Waals surface area contributed by atoms with Crippen molar-refractivity contribution in [3.05, 3.63) is 71.8 Å². The van der Waals surface area contributed by atoms with Crippen LogP contribution < -0.4 is 4.74 Å². The van der Waals surface area contributed by atoms with E-state index in [4.69, 9.17) is 14.2 Å². The van der Waals surface area contributed by atoms with Gasteiger partial charge in [-0.3, -0.25) is 0 Å². The Balaban J connectivity index is 1.95. The number of rotatable bonds is 7. The molecule has 124 valence electrons. The van der Waals surface area contributed by atoms with Crippen molar-refractivity contribution in [3.8, 4) is 5.75 Å². The molecule has 5 nitrogen and oxygen atoms in total. The molecular weight excluding hydrogens is 308 g/mol. The maximum atomic E-state index is 11.8. The Labute approximate surface area is 140 Å². The second-order valence-electron chi connectivity index (χ2n) is 4.82. The number of carbonyl (C=O) groups is 2. The maximum absolute atomic E-state index is 11.8. The van der Waals surface area contributed by atoms with Gasteiger partial charge < -0.3 is 14.2 Å². The summed E-state index contributed by atoms with van der Waals surface area (Å²) < 4.78 is 15.0. The molecule has 0 bridgehead atoms. The van der Waals surface area contributed by atoms with Crippen LogP contribution in [0.25, 0.3) is 6.08 Å². The van der Waals surface area contributed by atoms with E-state index >= 15 is 0 Å². The summed E-state index contributed by atoms with van der Waals surface area (Å²) in [7, 11) is 1.52. The highest BCUT2D eigenvalue weighted by atomic mass is 16.6. The molecule has 0 amide bonds. The van der Waals surface area contributed by atoms with Crippen molar-refractivity contribution in [2.45, 2.75) is 0 Å². The first-order chi connectivity index (χ1) is 11.7. The molecule has 0 aliphatic carbocycles. The van der Waals surface area contributed by atoms with E-state index in [-0.39, 0.29) is 12.4 Å². The second kappa shape index (κ2) is 9.27. The molecule has 2 aromatic carbocycles. The summed E-state index contributed by atoms with van der Waals surface area (Å²) in [5.74, 6) is -0.743. The number of methoxy groups -OCH3 is 1. The maximum Gasteiger partial charge on any atom is 0.338 e. The van der Waals surface area contributed by atoms with E-state index in [2.05, 4.69) is 0 Å². The summed E-state index contributed by atoms with van der Waals surface area (Å²) in [5.41, 5.74) is 1.20. The van der Waals surface area contributed by atoms with Gasteiger partial charge >= 0.3 is 11.9 Å². The fourth-order valence-electron chi connectivity index (χ4n) is 1.87. The normalized spacial score (nSPS) is 10.5. The summed E-state index contributed by atoms with van der Waals surface area (Å²) in [6.07, 6.45) is 2.99. The lowest BCUT2D eigenvalue weighted by Crippen LogP contribution is -2.10. The van der Waals surface area contributed by atoms with Gasteiger partial charge in [-0.2, -0.15) is 0 Å². The van der Waals surface area contributed by atoms with Crippen molar-refractivity contribution in [1.29, 1.82) is 0 Å². The first-order valence-corrected chi connectivity index (χ1v) is 7.40. The fourth-order valence-corrected chi connectivity index (χ4v) is 1.87. The number of hydrogen-bond donors (Lipinski definition) is 0. The molecule has 0 aliphatic heterocycles. The van der Waals surface area contributed by atoms with Crippen molar-refractivity contribution < 1.29 is 23.8 Å². The van der Waals surface area contributed by atoms with E-state index in [1.165, 1.54) is 19.3 Å². The van der Waals surface area contributed by atoms with Crippen molar-refractivity contribution in [3.63, 3.8) is 0 Å². The molecule has 5 heteroatoms. The summed E-state index contributed by atoms with van der Waals surface area (Å²) in [6.45, 7) is 0.490. The molecule has 0 spiro atoms. The largest absolute Gasteiger partial charge is 0.460 e. The smallest absolute Gasteiger partial charge is 0.338 e. The number of esters is 2. The zero-order valence-corrected chi connectivity index (χ0v) is 13.3. The zero-order chi connectivity index (χ0) is 17.2. The van der Waals surface area contributed by atoms with Gasteiger partial charge in [0.15, 0.2) is 0 Å². The molecule has 0 N–H and O–H groups in total. The van der Waals surface area contributed by atoms with E-state index in [0.29, 0.717) is 12.2 Å². The molecule has 0 aromatic heterocycles. The van der Waals surface area contributed by atoms with Crippen molar-refractivity contribution in [2.75, 3.05) is 20.3 Å². The Kier molecular flexibility index (Phi) is 6.73. The molecule has 2 aromatic rings. The third-order valence-corrected chi connectivity index (χ3v) is 3.02. The van der Waals surface area contributed by atoms with E-state index < -0.39 is 11.9 Å². The molecule has 0 heterocycles. The van der Waals surface area contributed by atoms with Crippen LogP contribution in [0.4, 0.5) is 0 Å².